The molecule has 6 heteroatoms. The fourth-order valence-corrected chi connectivity index (χ4v) is 4.99. The molecule has 0 bridgehead atoms. The number of ketones is 1. The SMILES string of the molecule is CC1(C)CCCC(CC(=O)c2cnc3nc(Cc4c(Cl)cccc4Cl)[nH]c3c2)C1. The monoisotopic (exact) mass is 429 g/mol. The quantitative estimate of drug-likeness (QED) is 0.462. The number of aromatic nitrogens is 3. The van der Waals surface area contributed by atoms with Crippen LogP contribution in [0.1, 0.15) is 67.7 Å². The number of halogens is 2. The topological polar surface area (TPSA) is 58.6 Å². The maximum absolute atomic E-state index is 12.8. The molecule has 1 fully saturated rings. The van der Waals surface area contributed by atoms with Crippen LogP contribution in [-0.4, -0.2) is 20.7 Å². The van der Waals surface area contributed by atoms with Crippen molar-refractivity contribution in [2.75, 3.05) is 0 Å². The Bertz CT molecular complexity index is 1040. The van der Waals surface area contributed by atoms with Crippen molar-refractivity contribution in [1.29, 1.82) is 0 Å². The molecule has 1 unspecified atom stereocenters. The molecule has 2 aromatic heterocycles. The van der Waals surface area contributed by atoms with Crippen LogP contribution in [-0.2, 0) is 6.42 Å². The first-order chi connectivity index (χ1) is 13.8. The highest BCUT2D eigenvalue weighted by molar-refractivity contribution is 6.36. The Labute approximate surface area is 181 Å². The highest BCUT2D eigenvalue weighted by Crippen LogP contribution is 2.40. The van der Waals surface area contributed by atoms with Gasteiger partial charge >= 0.3 is 0 Å². The van der Waals surface area contributed by atoms with Gasteiger partial charge in [0.25, 0.3) is 0 Å². The number of pyridine rings is 1. The standard InChI is InChI=1S/C23H25Cl2N3O/c1-23(2)8-4-5-14(12-23)9-20(29)15-10-19-22(26-13-15)28-21(27-19)11-16-17(24)6-3-7-18(16)25/h3,6-7,10,13-14H,4-5,8-9,11-12H2,1-2H3,(H,26,27,28). The number of carbonyl (C=O) groups excluding carboxylic acids is 1. The lowest BCUT2D eigenvalue weighted by molar-refractivity contribution is 0.0915. The van der Waals surface area contributed by atoms with Crippen LogP contribution in [0.4, 0.5) is 0 Å². The van der Waals surface area contributed by atoms with Crippen LogP contribution in [0.5, 0.6) is 0 Å². The van der Waals surface area contributed by atoms with Crippen molar-refractivity contribution in [3.05, 3.63) is 57.5 Å². The first kappa shape index (κ1) is 20.4. The average molecular weight is 430 g/mol. The molecule has 2 heterocycles. The van der Waals surface area contributed by atoms with E-state index in [0.29, 0.717) is 45.4 Å². The Hall–Kier alpha value is -1.91. The fraction of sp³-hybridized carbons (Fsp3) is 0.435. The summed E-state index contributed by atoms with van der Waals surface area (Å²) in [6.07, 6.45) is 7.42. The summed E-state index contributed by atoms with van der Waals surface area (Å²) in [5, 5.41) is 1.22. The van der Waals surface area contributed by atoms with Crippen LogP contribution < -0.4 is 0 Å². The third kappa shape index (κ3) is 4.65. The number of nitrogens with one attached hydrogen (secondary N) is 1. The molecule has 1 saturated carbocycles. The molecule has 1 N–H and O–H groups in total. The smallest absolute Gasteiger partial charge is 0.177 e. The summed E-state index contributed by atoms with van der Waals surface area (Å²) in [5.74, 6) is 1.34. The van der Waals surface area contributed by atoms with Crippen molar-refractivity contribution < 1.29 is 4.79 Å². The molecule has 29 heavy (non-hydrogen) atoms. The predicted octanol–water partition coefficient (Wildman–Crippen LogP) is 6.64. The maximum atomic E-state index is 12.8. The molecule has 4 rings (SSSR count). The lowest BCUT2D eigenvalue weighted by atomic mass is 9.71. The lowest BCUT2D eigenvalue weighted by Crippen LogP contribution is -2.24. The molecule has 0 amide bonds. The highest BCUT2D eigenvalue weighted by atomic mass is 35.5. The maximum Gasteiger partial charge on any atom is 0.177 e. The van der Waals surface area contributed by atoms with Gasteiger partial charge in [-0.25, -0.2) is 9.97 Å². The molecule has 0 radical (unpaired) electrons. The third-order valence-corrected chi connectivity index (χ3v) is 6.60. The van der Waals surface area contributed by atoms with Crippen LogP contribution in [0.2, 0.25) is 10.0 Å². The van der Waals surface area contributed by atoms with E-state index in [-0.39, 0.29) is 5.78 Å². The minimum absolute atomic E-state index is 0.160. The molecule has 1 atom stereocenters. The molecule has 1 aromatic carbocycles. The van der Waals surface area contributed by atoms with Crippen molar-refractivity contribution in [3.63, 3.8) is 0 Å². The van der Waals surface area contributed by atoms with Gasteiger partial charge in [-0.05, 0) is 54.4 Å². The number of fused-ring (bicyclic) bond motifs is 1. The molecule has 3 aromatic rings. The summed E-state index contributed by atoms with van der Waals surface area (Å²) < 4.78 is 0. The number of hydrogen-bond acceptors (Lipinski definition) is 3. The van der Waals surface area contributed by atoms with Crippen LogP contribution >= 0.6 is 23.2 Å². The van der Waals surface area contributed by atoms with Gasteiger partial charge in [-0.3, -0.25) is 4.79 Å². The molecule has 0 spiro atoms. The average Bonchev–Trinajstić information content (AvgIpc) is 3.05. The van der Waals surface area contributed by atoms with Gasteiger partial charge in [0.1, 0.15) is 5.82 Å². The Morgan fingerprint density at radius 2 is 2.03 bits per heavy atom. The van der Waals surface area contributed by atoms with Crippen LogP contribution in [0.25, 0.3) is 11.2 Å². The van der Waals surface area contributed by atoms with E-state index in [1.165, 1.54) is 12.8 Å². The first-order valence-corrected chi connectivity index (χ1v) is 10.9. The molecule has 0 aliphatic heterocycles. The Balaban J connectivity index is 1.51. The minimum Gasteiger partial charge on any atom is -0.340 e. The van der Waals surface area contributed by atoms with E-state index < -0.39 is 0 Å². The molecule has 1 aliphatic carbocycles. The number of nitrogens with zero attached hydrogens (tertiary/aromatic N) is 2. The fourth-order valence-electron chi connectivity index (χ4n) is 4.46. The summed E-state index contributed by atoms with van der Waals surface area (Å²) in [7, 11) is 0. The van der Waals surface area contributed by atoms with Gasteiger partial charge in [-0.2, -0.15) is 0 Å². The van der Waals surface area contributed by atoms with Gasteiger partial charge in [-0.15, -0.1) is 0 Å². The highest BCUT2D eigenvalue weighted by Gasteiger charge is 2.29. The normalized spacial score (nSPS) is 18.8. The second-order valence-electron chi connectivity index (χ2n) is 8.91. The summed E-state index contributed by atoms with van der Waals surface area (Å²) in [6.45, 7) is 4.60. The number of rotatable bonds is 5. The van der Waals surface area contributed by atoms with Crippen molar-refractivity contribution >= 4 is 40.1 Å². The zero-order valence-electron chi connectivity index (χ0n) is 16.8. The second kappa shape index (κ2) is 8.08. The zero-order valence-corrected chi connectivity index (χ0v) is 18.3. The Morgan fingerprint density at radius 3 is 2.76 bits per heavy atom. The first-order valence-electron chi connectivity index (χ1n) is 10.1. The summed E-state index contributed by atoms with van der Waals surface area (Å²) in [5.41, 5.74) is 3.17. The number of hydrogen-bond donors (Lipinski definition) is 1. The van der Waals surface area contributed by atoms with E-state index in [2.05, 4.69) is 28.8 Å². The minimum atomic E-state index is 0.160. The molecular formula is C23H25Cl2N3O. The molecule has 1 aliphatic rings. The zero-order chi connectivity index (χ0) is 20.6. The summed E-state index contributed by atoms with van der Waals surface area (Å²) in [4.78, 5) is 25.0. The second-order valence-corrected chi connectivity index (χ2v) is 9.72. The molecular weight excluding hydrogens is 405 g/mol. The number of Topliss-reactive ketones (excluding diaryl/α,β-unsaturated/α-hetero) is 1. The van der Waals surface area contributed by atoms with Crippen LogP contribution in [0, 0.1) is 11.3 Å². The predicted molar refractivity (Wildman–Crippen MR) is 118 cm³/mol. The van der Waals surface area contributed by atoms with Crippen molar-refractivity contribution in [3.8, 4) is 0 Å². The van der Waals surface area contributed by atoms with Gasteiger partial charge in [-0.1, -0.05) is 49.5 Å². The van der Waals surface area contributed by atoms with E-state index in [4.69, 9.17) is 23.2 Å². The number of aromatic amines is 1. The van der Waals surface area contributed by atoms with E-state index >= 15 is 0 Å². The molecule has 152 valence electrons. The van der Waals surface area contributed by atoms with Crippen LogP contribution in [0.15, 0.2) is 30.5 Å². The number of H-pyrrole nitrogens is 1. The van der Waals surface area contributed by atoms with Gasteiger partial charge in [0.15, 0.2) is 11.4 Å². The van der Waals surface area contributed by atoms with Gasteiger partial charge in [0, 0.05) is 34.6 Å². The van der Waals surface area contributed by atoms with Crippen molar-refractivity contribution in [1.82, 2.24) is 15.0 Å². The Kier molecular flexibility index (Phi) is 5.67. The molecule has 4 nitrogen and oxygen atoms in total. The van der Waals surface area contributed by atoms with Gasteiger partial charge in [0.05, 0.1) is 5.52 Å². The van der Waals surface area contributed by atoms with E-state index in [1.807, 2.05) is 24.3 Å². The van der Waals surface area contributed by atoms with Gasteiger partial charge < -0.3 is 4.98 Å². The number of benzene rings is 1. The largest absolute Gasteiger partial charge is 0.340 e. The Morgan fingerprint density at radius 1 is 1.28 bits per heavy atom. The van der Waals surface area contributed by atoms with Gasteiger partial charge in [0.2, 0.25) is 0 Å². The number of imidazole rings is 1. The van der Waals surface area contributed by atoms with Crippen LogP contribution in [0.3, 0.4) is 0 Å². The number of carbonyl (C=O) groups is 1. The van der Waals surface area contributed by atoms with Crippen molar-refractivity contribution in [2.24, 2.45) is 11.3 Å². The van der Waals surface area contributed by atoms with E-state index in [0.717, 1.165) is 29.7 Å². The van der Waals surface area contributed by atoms with Crippen molar-refractivity contribution in [2.45, 2.75) is 52.4 Å². The van der Waals surface area contributed by atoms with E-state index in [9.17, 15) is 4.79 Å². The third-order valence-electron chi connectivity index (χ3n) is 5.90. The summed E-state index contributed by atoms with van der Waals surface area (Å²) in [6, 6.07) is 7.31. The summed E-state index contributed by atoms with van der Waals surface area (Å²) >= 11 is 12.5. The lowest BCUT2D eigenvalue weighted by Gasteiger charge is -2.34. The van der Waals surface area contributed by atoms with E-state index in [1.54, 1.807) is 6.20 Å². The molecule has 0 saturated heterocycles.